The zero-order chi connectivity index (χ0) is 30.8. The standard InChI is InChI=1S/4C6H18NSi2.2Na.O.2Zn/c4*1-8(2,3)7-9(4,5)6;;;;;/h4*1-6H3;;;;;/q4*-1;2*+1;-2;2*+2. The largest absolute Gasteiger partial charge is 2.00 e. The average Bonchev–Trinajstić information content (AvgIpc) is 2.19. The summed E-state index contributed by atoms with van der Waals surface area (Å²) in [5.74, 6) is 0. The molecule has 0 radical (unpaired) electrons. The predicted octanol–water partition coefficient (Wildman–Crippen LogP) is 6.00. The van der Waals surface area contributed by atoms with Crippen LogP contribution in [0.2, 0.25) is 157 Å². The van der Waals surface area contributed by atoms with Crippen molar-refractivity contribution >= 4 is 65.9 Å². The van der Waals surface area contributed by atoms with Gasteiger partial charge in [-0.1, -0.05) is 223 Å². The van der Waals surface area contributed by atoms with Gasteiger partial charge in [0.15, 0.2) is 0 Å². The van der Waals surface area contributed by atoms with Crippen LogP contribution in [0.25, 0.3) is 18.6 Å². The van der Waals surface area contributed by atoms with Gasteiger partial charge in [0.1, 0.15) is 0 Å². The van der Waals surface area contributed by atoms with Crippen LogP contribution in [0.5, 0.6) is 0 Å². The Morgan fingerprint density at radius 1 is 0.220 bits per heavy atom. The summed E-state index contributed by atoms with van der Waals surface area (Å²) in [5, 5.41) is 0. The van der Waals surface area contributed by atoms with Crippen LogP contribution in [0, 0.1) is 0 Å². The second kappa shape index (κ2) is 26.6. The van der Waals surface area contributed by atoms with Gasteiger partial charge in [0.05, 0.1) is 0 Å². The molecule has 0 aromatic carbocycles. The van der Waals surface area contributed by atoms with E-state index < -0.39 is 65.9 Å². The third kappa shape index (κ3) is 98.9. The van der Waals surface area contributed by atoms with Crippen LogP contribution < -0.4 is 59.1 Å². The van der Waals surface area contributed by atoms with Crippen LogP contribution in [0.3, 0.4) is 0 Å². The van der Waals surface area contributed by atoms with Crippen molar-refractivity contribution in [3.63, 3.8) is 0 Å². The molecule has 0 spiro atoms. The van der Waals surface area contributed by atoms with Crippen molar-refractivity contribution in [3.8, 4) is 0 Å². The third-order valence-electron chi connectivity index (χ3n) is 2.68. The Bertz CT molecular complexity index is 438. The molecular formula is C24H72N4Na2OSi8Zn2. The van der Waals surface area contributed by atoms with E-state index in [0.717, 1.165) is 0 Å². The van der Waals surface area contributed by atoms with Crippen molar-refractivity contribution in [2.75, 3.05) is 0 Å². The summed E-state index contributed by atoms with van der Waals surface area (Å²) in [6.07, 6.45) is 0. The molecule has 0 saturated heterocycles. The van der Waals surface area contributed by atoms with Gasteiger partial charge in [0, 0.05) is 0 Å². The maximum Gasteiger partial charge on any atom is 2.00 e. The van der Waals surface area contributed by atoms with E-state index in [-0.39, 0.29) is 104 Å². The number of hydrogen-bond donors (Lipinski definition) is 0. The first kappa shape index (κ1) is 67.9. The van der Waals surface area contributed by atoms with Crippen LogP contribution in [0.1, 0.15) is 0 Å². The van der Waals surface area contributed by atoms with Gasteiger partial charge < -0.3 is 24.1 Å². The van der Waals surface area contributed by atoms with E-state index in [1.54, 1.807) is 0 Å². The normalized spacial score (nSPS) is 12.3. The summed E-state index contributed by atoms with van der Waals surface area (Å²) < 4.78 is 19.3. The minimum Gasteiger partial charge on any atom is -2.00 e. The number of rotatable bonds is 8. The van der Waals surface area contributed by atoms with Crippen molar-refractivity contribution in [2.45, 2.75) is 157 Å². The molecule has 5 nitrogen and oxygen atoms in total. The first-order valence-corrected chi connectivity index (χ1v) is 41.4. The van der Waals surface area contributed by atoms with Gasteiger partial charge in [0.2, 0.25) is 0 Å². The third-order valence-corrected chi connectivity index (χ3v) is 24.1. The fourth-order valence-electron chi connectivity index (χ4n) is 4.02. The Labute approximate surface area is 340 Å². The Balaban J connectivity index is -0.0000000457. The molecule has 0 aromatic rings. The molecule has 0 heterocycles. The van der Waals surface area contributed by atoms with Crippen molar-refractivity contribution in [1.82, 2.24) is 0 Å². The van der Waals surface area contributed by atoms with Crippen LogP contribution in [-0.2, 0) is 44.4 Å². The molecule has 0 atom stereocenters. The van der Waals surface area contributed by atoms with Crippen molar-refractivity contribution < 1.29 is 104 Å². The van der Waals surface area contributed by atoms with Crippen molar-refractivity contribution in [1.29, 1.82) is 0 Å². The molecule has 41 heavy (non-hydrogen) atoms. The molecule has 0 aliphatic heterocycles. The summed E-state index contributed by atoms with van der Waals surface area (Å²) in [5.41, 5.74) is 0. The van der Waals surface area contributed by atoms with Gasteiger partial charge in [0.25, 0.3) is 0 Å². The average molecular weight is 834 g/mol. The summed E-state index contributed by atoms with van der Waals surface area (Å²) >= 11 is 0. The van der Waals surface area contributed by atoms with Crippen molar-refractivity contribution in [2.24, 2.45) is 0 Å². The zero-order valence-corrected chi connectivity index (χ0v) is 51.5. The SMILES string of the molecule is C[Si](C)(C)[N-][Si](C)(C)C.C[Si](C)(C)[N-][Si](C)(C)C.C[Si](C)(C)[N-][Si](C)(C)C.C[Si](C)(C)[N-][Si](C)(C)C.[Na+].[Na+].[O-2].[Zn+2].[Zn+2]. The first-order chi connectivity index (χ1) is 14.8. The maximum atomic E-state index is 4.82. The minimum absolute atomic E-state index is 0. The Morgan fingerprint density at radius 3 is 0.268 bits per heavy atom. The second-order valence-corrected chi connectivity index (χ2v) is 56.1. The fourth-order valence-corrected chi connectivity index (χ4v) is 36.2. The first-order valence-electron chi connectivity index (χ1n) is 13.8. The quantitative estimate of drug-likeness (QED) is 0.269. The summed E-state index contributed by atoms with van der Waals surface area (Å²) in [7, 11) is -8.85. The zero-order valence-electron chi connectivity index (χ0n) is 33.6. The predicted molar refractivity (Wildman–Crippen MR) is 201 cm³/mol. The van der Waals surface area contributed by atoms with Gasteiger partial charge in [-0.25, -0.2) is 0 Å². The number of nitrogens with zero attached hydrogens (tertiary/aromatic N) is 4. The van der Waals surface area contributed by atoms with E-state index in [1.165, 1.54) is 0 Å². The van der Waals surface area contributed by atoms with Crippen LogP contribution in [0.15, 0.2) is 0 Å². The molecule has 0 fully saturated rings. The fraction of sp³-hybridized carbons (Fsp3) is 1.00. The van der Waals surface area contributed by atoms with Gasteiger partial charge in [-0.05, 0) is 0 Å². The molecule has 0 bridgehead atoms. The van der Waals surface area contributed by atoms with Crippen LogP contribution in [0.4, 0.5) is 0 Å². The van der Waals surface area contributed by atoms with Gasteiger partial charge >= 0.3 is 98.1 Å². The molecule has 0 saturated carbocycles. The smallest absolute Gasteiger partial charge is 2.00 e. The minimum atomic E-state index is -1.11. The molecule has 232 valence electrons. The van der Waals surface area contributed by atoms with Crippen LogP contribution in [-0.4, -0.2) is 65.9 Å². The van der Waals surface area contributed by atoms with E-state index in [0.29, 0.717) is 0 Å². The monoisotopic (exact) mass is 830 g/mol. The molecule has 0 aliphatic carbocycles. The van der Waals surface area contributed by atoms with Gasteiger partial charge in [-0.15, -0.1) is 0 Å². The Kier molecular flexibility index (Phi) is 44.1. The second-order valence-electron chi connectivity index (χ2n) is 17.8. The number of hydrogen-bond acceptors (Lipinski definition) is 0. The molecular weight excluding hydrogens is 762 g/mol. The molecule has 0 N–H and O–H groups in total. The molecule has 0 rings (SSSR count). The van der Waals surface area contributed by atoms with E-state index in [9.17, 15) is 0 Å². The van der Waals surface area contributed by atoms with Gasteiger partial charge in [-0.3, -0.25) is 0 Å². The Morgan fingerprint density at radius 2 is 0.268 bits per heavy atom. The molecule has 0 aliphatic rings. The summed E-state index contributed by atoms with van der Waals surface area (Å²) in [6.45, 7) is 55.1. The van der Waals surface area contributed by atoms with Crippen LogP contribution >= 0.6 is 0 Å². The summed E-state index contributed by atoms with van der Waals surface area (Å²) in [6, 6.07) is 0. The van der Waals surface area contributed by atoms with E-state index >= 15 is 0 Å². The maximum absolute atomic E-state index is 4.82. The van der Waals surface area contributed by atoms with Gasteiger partial charge in [-0.2, -0.15) is 0 Å². The molecule has 0 aromatic heterocycles. The molecule has 17 heteroatoms. The summed E-state index contributed by atoms with van der Waals surface area (Å²) in [4.78, 5) is 0. The molecule has 0 unspecified atom stereocenters. The van der Waals surface area contributed by atoms with E-state index in [1.807, 2.05) is 0 Å². The topological polar surface area (TPSA) is 84.9 Å². The van der Waals surface area contributed by atoms with Crippen molar-refractivity contribution in [3.05, 3.63) is 18.6 Å². The molecule has 0 amide bonds. The Hall–Kier alpha value is 4.78. The van der Waals surface area contributed by atoms with E-state index in [4.69, 9.17) is 18.6 Å². The van der Waals surface area contributed by atoms with E-state index in [2.05, 4.69) is 157 Å².